The smallest absolute Gasteiger partial charge is 0.291 e. The average Bonchev–Trinajstić information content (AvgIpc) is 3.08. The van der Waals surface area contributed by atoms with E-state index in [1.54, 1.807) is 11.0 Å². The second-order valence-corrected chi connectivity index (χ2v) is 8.73. The van der Waals surface area contributed by atoms with Gasteiger partial charge in [-0.05, 0) is 49.9 Å². The fraction of sp³-hybridized carbons (Fsp3) is 0.391. The fourth-order valence-electron chi connectivity index (χ4n) is 3.89. The maximum atomic E-state index is 13.5. The van der Waals surface area contributed by atoms with E-state index >= 15 is 0 Å². The van der Waals surface area contributed by atoms with Crippen LogP contribution in [0.5, 0.6) is 0 Å². The van der Waals surface area contributed by atoms with Crippen molar-refractivity contribution >= 4 is 22.8 Å². The molecule has 0 saturated carbocycles. The molecule has 0 bridgehead atoms. The molecule has 0 spiro atoms. The lowest BCUT2D eigenvalue weighted by molar-refractivity contribution is -0.138. The van der Waals surface area contributed by atoms with Crippen LogP contribution in [0.15, 0.2) is 41.4 Å². The number of hydrogen-bond acceptors (Lipinski definition) is 3. The lowest BCUT2D eigenvalue weighted by Gasteiger charge is -2.22. The largest absolute Gasteiger partial charge is 0.416 e. The molecule has 2 aromatic carbocycles. The van der Waals surface area contributed by atoms with E-state index in [2.05, 4.69) is 6.07 Å². The van der Waals surface area contributed by atoms with Gasteiger partial charge in [-0.1, -0.05) is 53.2 Å². The molecule has 1 saturated heterocycles. The van der Waals surface area contributed by atoms with Crippen molar-refractivity contribution in [3.63, 3.8) is 0 Å². The molecule has 1 heterocycles. The molecule has 1 fully saturated rings. The Balaban J connectivity index is 2.09. The summed E-state index contributed by atoms with van der Waals surface area (Å²) in [7, 11) is 0. The van der Waals surface area contributed by atoms with Gasteiger partial charge in [-0.15, -0.1) is 0 Å². The number of nitrogens with zero attached hydrogens (tertiary/aromatic N) is 2. The van der Waals surface area contributed by atoms with Gasteiger partial charge >= 0.3 is 6.18 Å². The zero-order valence-corrected chi connectivity index (χ0v) is 18.3. The summed E-state index contributed by atoms with van der Waals surface area (Å²) >= 11 is 1.47. The topological polar surface area (TPSA) is 32.7 Å². The van der Waals surface area contributed by atoms with Crippen LogP contribution in [-0.4, -0.2) is 28.3 Å². The highest BCUT2D eigenvalue weighted by molar-refractivity contribution is 8.14. The van der Waals surface area contributed by atoms with Crippen LogP contribution in [0.25, 0.3) is 0 Å². The number of benzene rings is 2. The number of halogens is 3. The summed E-state index contributed by atoms with van der Waals surface area (Å²) in [6.07, 6.45) is -3.97. The van der Waals surface area contributed by atoms with Gasteiger partial charge in [0.25, 0.3) is 0 Å². The molecular formula is C23H25F3N2OS. The van der Waals surface area contributed by atoms with Gasteiger partial charge in [0.2, 0.25) is 5.91 Å². The molecular weight excluding hydrogens is 409 g/mol. The first-order chi connectivity index (χ1) is 14.1. The van der Waals surface area contributed by atoms with Crippen LogP contribution in [0, 0.1) is 20.8 Å². The number of rotatable bonds is 4. The Bertz CT molecular complexity index is 965. The number of aliphatic imine (C=N–C) groups is 1. The van der Waals surface area contributed by atoms with Gasteiger partial charge in [0, 0.05) is 19.2 Å². The third-order valence-corrected chi connectivity index (χ3v) is 6.14. The summed E-state index contributed by atoms with van der Waals surface area (Å²) in [5.74, 6) is 0.626. The van der Waals surface area contributed by atoms with Crippen molar-refractivity contribution in [2.45, 2.75) is 46.3 Å². The molecule has 3 nitrogen and oxygen atoms in total. The Morgan fingerprint density at radius 1 is 1.17 bits per heavy atom. The number of thioether (sulfide) groups is 1. The van der Waals surface area contributed by atoms with Crippen LogP contribution in [0.4, 0.5) is 13.2 Å². The van der Waals surface area contributed by atoms with Crippen molar-refractivity contribution in [1.29, 1.82) is 0 Å². The Labute approximate surface area is 179 Å². The molecule has 1 aliphatic heterocycles. The van der Waals surface area contributed by atoms with Gasteiger partial charge in [0.15, 0.2) is 5.17 Å². The molecule has 1 unspecified atom stereocenters. The predicted octanol–water partition coefficient (Wildman–Crippen LogP) is 5.87. The average molecular weight is 435 g/mol. The first kappa shape index (κ1) is 22.4. The highest BCUT2D eigenvalue weighted by Crippen LogP contribution is 2.37. The van der Waals surface area contributed by atoms with Crippen molar-refractivity contribution in [1.82, 2.24) is 4.90 Å². The van der Waals surface area contributed by atoms with E-state index < -0.39 is 17.8 Å². The van der Waals surface area contributed by atoms with Crippen LogP contribution >= 0.6 is 11.8 Å². The van der Waals surface area contributed by atoms with Crippen LogP contribution in [-0.2, 0) is 17.4 Å². The summed E-state index contributed by atoms with van der Waals surface area (Å²) in [5.41, 5.74) is 3.27. The molecule has 2 aromatic rings. The van der Waals surface area contributed by atoms with Crippen LogP contribution in [0.1, 0.15) is 46.3 Å². The van der Waals surface area contributed by atoms with Crippen molar-refractivity contribution < 1.29 is 18.0 Å². The monoisotopic (exact) mass is 434 g/mol. The number of amidine groups is 1. The molecule has 7 heteroatoms. The molecule has 30 heavy (non-hydrogen) atoms. The third-order valence-electron chi connectivity index (χ3n) is 5.17. The van der Waals surface area contributed by atoms with Crippen molar-refractivity contribution in [2.24, 2.45) is 4.99 Å². The van der Waals surface area contributed by atoms with Gasteiger partial charge in [-0.3, -0.25) is 14.7 Å². The minimum atomic E-state index is -4.43. The minimum absolute atomic E-state index is 0.107. The van der Waals surface area contributed by atoms with Gasteiger partial charge in [0.1, 0.15) is 0 Å². The van der Waals surface area contributed by atoms with Gasteiger partial charge in [-0.25, -0.2) is 0 Å². The zero-order valence-electron chi connectivity index (χ0n) is 17.5. The van der Waals surface area contributed by atoms with Crippen molar-refractivity contribution in [2.75, 3.05) is 12.3 Å². The standard InChI is InChI=1S/C23H25F3N2OS/c1-14-10-15(2)12-18(11-14)13-21(27-22-28(17(4)29)8-9-30-22)19-6-5-7-20(16(19)3)23(24,25)26/h5-7,10-12,21H,8-9,13H2,1-4H3/b27-22-. The molecule has 160 valence electrons. The van der Waals surface area contributed by atoms with E-state index in [9.17, 15) is 18.0 Å². The van der Waals surface area contributed by atoms with Crippen molar-refractivity contribution in [3.8, 4) is 0 Å². The summed E-state index contributed by atoms with van der Waals surface area (Å²) in [6.45, 7) is 7.54. The Kier molecular flexibility index (Phi) is 6.60. The lowest BCUT2D eigenvalue weighted by Crippen LogP contribution is -2.29. The first-order valence-electron chi connectivity index (χ1n) is 9.79. The maximum Gasteiger partial charge on any atom is 0.416 e. The Hall–Kier alpha value is -2.28. The molecule has 0 N–H and O–H groups in total. The molecule has 0 aromatic heterocycles. The van der Waals surface area contributed by atoms with Gasteiger partial charge in [-0.2, -0.15) is 13.2 Å². The van der Waals surface area contributed by atoms with Crippen LogP contribution in [0.2, 0.25) is 0 Å². The van der Waals surface area contributed by atoms with E-state index in [4.69, 9.17) is 4.99 Å². The van der Waals surface area contributed by atoms with E-state index in [0.29, 0.717) is 23.7 Å². The number of carbonyl (C=O) groups is 1. The number of hydrogen-bond donors (Lipinski definition) is 0. The predicted molar refractivity (Wildman–Crippen MR) is 116 cm³/mol. The zero-order chi connectivity index (χ0) is 22.1. The Morgan fingerprint density at radius 2 is 1.83 bits per heavy atom. The summed E-state index contributed by atoms with van der Waals surface area (Å²) < 4.78 is 40.5. The molecule has 1 atom stereocenters. The van der Waals surface area contributed by atoms with Crippen LogP contribution in [0.3, 0.4) is 0 Å². The fourth-order valence-corrected chi connectivity index (χ4v) is 4.92. The van der Waals surface area contributed by atoms with E-state index in [1.807, 2.05) is 26.0 Å². The quantitative estimate of drug-likeness (QED) is 0.603. The van der Waals surface area contributed by atoms with Crippen molar-refractivity contribution in [3.05, 3.63) is 69.8 Å². The van der Waals surface area contributed by atoms with E-state index in [1.165, 1.54) is 31.7 Å². The second-order valence-electron chi connectivity index (χ2n) is 7.66. The van der Waals surface area contributed by atoms with E-state index in [-0.39, 0.29) is 11.5 Å². The molecule has 0 aliphatic carbocycles. The van der Waals surface area contributed by atoms with E-state index in [0.717, 1.165) is 28.5 Å². The van der Waals surface area contributed by atoms with Gasteiger partial charge < -0.3 is 0 Å². The number of aryl methyl sites for hydroxylation is 2. The van der Waals surface area contributed by atoms with Gasteiger partial charge in [0.05, 0.1) is 11.6 Å². The molecule has 1 aliphatic rings. The highest BCUT2D eigenvalue weighted by Gasteiger charge is 2.34. The molecule has 0 radical (unpaired) electrons. The third kappa shape index (κ3) is 5.06. The van der Waals surface area contributed by atoms with Crippen LogP contribution < -0.4 is 0 Å². The summed E-state index contributed by atoms with van der Waals surface area (Å²) in [4.78, 5) is 18.4. The molecule has 3 rings (SSSR count). The normalized spacial score (nSPS) is 16.9. The number of amides is 1. The first-order valence-corrected chi connectivity index (χ1v) is 10.8. The molecule has 1 amide bonds. The lowest BCUT2D eigenvalue weighted by atomic mass is 9.92. The maximum absolute atomic E-state index is 13.5. The second kappa shape index (κ2) is 8.84. The minimum Gasteiger partial charge on any atom is -0.291 e. The Morgan fingerprint density at radius 3 is 2.43 bits per heavy atom. The number of carbonyl (C=O) groups excluding carboxylic acids is 1. The number of alkyl halides is 3. The summed E-state index contributed by atoms with van der Waals surface area (Å²) in [6, 6.07) is 9.86. The highest BCUT2D eigenvalue weighted by atomic mass is 32.2. The summed E-state index contributed by atoms with van der Waals surface area (Å²) in [5, 5.41) is 0.577. The SMILES string of the molecule is CC(=O)N1CCS/C1=N\C(Cc1cc(C)cc(C)c1)c1cccc(C(F)(F)F)c1C.